The van der Waals surface area contributed by atoms with Crippen LogP contribution < -0.4 is 10.6 Å². The standard InChI is InChI=1S/C12H22N2O4/c1-4-11(2,3)13-10(17)14-12(9(15)16)5-7-18-8-6-12/h4-8H2,1-3H3,(H,15,16)(H2,13,14,17). The molecule has 1 heterocycles. The molecule has 6 heteroatoms. The Hall–Kier alpha value is -1.30. The highest BCUT2D eigenvalue weighted by Gasteiger charge is 2.42. The Labute approximate surface area is 107 Å². The van der Waals surface area contributed by atoms with E-state index in [9.17, 15) is 14.7 Å². The van der Waals surface area contributed by atoms with Crippen molar-refractivity contribution in [1.82, 2.24) is 10.6 Å². The summed E-state index contributed by atoms with van der Waals surface area (Å²) in [7, 11) is 0. The van der Waals surface area contributed by atoms with E-state index in [1.807, 2.05) is 20.8 Å². The van der Waals surface area contributed by atoms with E-state index in [2.05, 4.69) is 10.6 Å². The molecule has 1 fully saturated rings. The van der Waals surface area contributed by atoms with Crippen LogP contribution in [0.2, 0.25) is 0 Å². The Balaban J connectivity index is 2.67. The number of hydrogen-bond acceptors (Lipinski definition) is 3. The van der Waals surface area contributed by atoms with Gasteiger partial charge in [-0.25, -0.2) is 9.59 Å². The summed E-state index contributed by atoms with van der Waals surface area (Å²) in [6.45, 7) is 6.45. The number of carbonyl (C=O) groups is 2. The van der Waals surface area contributed by atoms with Gasteiger partial charge in [0.05, 0.1) is 0 Å². The van der Waals surface area contributed by atoms with E-state index in [-0.39, 0.29) is 5.54 Å². The average Bonchev–Trinajstić information content (AvgIpc) is 2.29. The highest BCUT2D eigenvalue weighted by molar-refractivity contribution is 5.86. The van der Waals surface area contributed by atoms with Crippen LogP contribution in [-0.2, 0) is 9.53 Å². The summed E-state index contributed by atoms with van der Waals surface area (Å²) in [5, 5.41) is 14.7. The number of nitrogens with one attached hydrogen (secondary N) is 2. The smallest absolute Gasteiger partial charge is 0.329 e. The first-order valence-electron chi connectivity index (χ1n) is 6.23. The molecule has 3 N–H and O–H groups in total. The molecule has 1 aliphatic heterocycles. The van der Waals surface area contributed by atoms with E-state index in [0.717, 1.165) is 6.42 Å². The molecule has 0 spiro atoms. The first-order valence-corrected chi connectivity index (χ1v) is 6.23. The summed E-state index contributed by atoms with van der Waals surface area (Å²) in [6.07, 6.45) is 1.36. The van der Waals surface area contributed by atoms with Gasteiger partial charge < -0.3 is 20.5 Å². The van der Waals surface area contributed by atoms with Gasteiger partial charge in [-0.2, -0.15) is 0 Å². The number of ether oxygens (including phenoxy) is 1. The Kier molecular flexibility index (Phi) is 4.56. The molecule has 0 radical (unpaired) electrons. The van der Waals surface area contributed by atoms with Crippen molar-refractivity contribution in [2.45, 2.75) is 51.1 Å². The summed E-state index contributed by atoms with van der Waals surface area (Å²) in [6, 6.07) is -0.439. The summed E-state index contributed by atoms with van der Waals surface area (Å²) in [4.78, 5) is 23.2. The van der Waals surface area contributed by atoms with Gasteiger partial charge in [-0.15, -0.1) is 0 Å². The fraction of sp³-hybridized carbons (Fsp3) is 0.833. The van der Waals surface area contributed by atoms with Crippen molar-refractivity contribution in [3.05, 3.63) is 0 Å². The average molecular weight is 258 g/mol. The number of carboxylic acids is 1. The Morgan fingerprint density at radius 1 is 1.33 bits per heavy atom. The predicted molar refractivity (Wildman–Crippen MR) is 66.5 cm³/mol. The number of aliphatic carboxylic acids is 1. The van der Waals surface area contributed by atoms with Crippen LogP contribution in [0.5, 0.6) is 0 Å². The number of amides is 2. The summed E-state index contributed by atoms with van der Waals surface area (Å²) < 4.78 is 5.14. The number of hydrogen-bond donors (Lipinski definition) is 3. The molecule has 104 valence electrons. The van der Waals surface area contributed by atoms with Gasteiger partial charge in [0.1, 0.15) is 5.54 Å². The zero-order valence-electron chi connectivity index (χ0n) is 11.2. The van der Waals surface area contributed by atoms with Gasteiger partial charge in [0, 0.05) is 31.6 Å². The van der Waals surface area contributed by atoms with Crippen LogP contribution in [-0.4, -0.2) is 41.4 Å². The molecule has 0 aromatic carbocycles. The van der Waals surface area contributed by atoms with Crippen molar-refractivity contribution in [2.24, 2.45) is 0 Å². The normalized spacial score (nSPS) is 19.1. The van der Waals surface area contributed by atoms with E-state index in [1.165, 1.54) is 0 Å². The first kappa shape index (κ1) is 14.8. The molecule has 6 nitrogen and oxygen atoms in total. The molecule has 1 aliphatic rings. The lowest BCUT2D eigenvalue weighted by atomic mass is 9.90. The van der Waals surface area contributed by atoms with E-state index < -0.39 is 17.5 Å². The Morgan fingerprint density at radius 2 is 1.89 bits per heavy atom. The van der Waals surface area contributed by atoms with Crippen LogP contribution in [0.1, 0.15) is 40.0 Å². The van der Waals surface area contributed by atoms with Crippen molar-refractivity contribution in [1.29, 1.82) is 0 Å². The van der Waals surface area contributed by atoms with Gasteiger partial charge in [0.2, 0.25) is 0 Å². The van der Waals surface area contributed by atoms with Gasteiger partial charge in [-0.1, -0.05) is 6.92 Å². The van der Waals surface area contributed by atoms with Crippen LogP contribution >= 0.6 is 0 Å². The number of urea groups is 1. The summed E-state index contributed by atoms with van der Waals surface area (Å²) in [5.41, 5.74) is -1.55. The molecule has 1 rings (SSSR count). The van der Waals surface area contributed by atoms with Gasteiger partial charge in [-0.3, -0.25) is 0 Å². The second-order valence-electron chi connectivity index (χ2n) is 5.32. The maximum Gasteiger partial charge on any atom is 0.329 e. The minimum atomic E-state index is -1.20. The zero-order chi connectivity index (χ0) is 13.8. The fourth-order valence-corrected chi connectivity index (χ4v) is 1.76. The van der Waals surface area contributed by atoms with Gasteiger partial charge in [-0.05, 0) is 20.3 Å². The summed E-state index contributed by atoms with van der Waals surface area (Å²) in [5.74, 6) is -1.00. The third-order valence-electron chi connectivity index (χ3n) is 3.44. The molecule has 1 saturated heterocycles. The predicted octanol–water partition coefficient (Wildman–Crippen LogP) is 1.11. The van der Waals surface area contributed by atoms with E-state index in [0.29, 0.717) is 26.1 Å². The number of carboxylic acid groups (broad SMARTS) is 1. The van der Waals surface area contributed by atoms with Crippen LogP contribution in [0.25, 0.3) is 0 Å². The van der Waals surface area contributed by atoms with Crippen LogP contribution in [0.15, 0.2) is 0 Å². The van der Waals surface area contributed by atoms with Crippen LogP contribution in [0, 0.1) is 0 Å². The highest BCUT2D eigenvalue weighted by Crippen LogP contribution is 2.21. The second-order valence-corrected chi connectivity index (χ2v) is 5.32. The number of carbonyl (C=O) groups excluding carboxylic acids is 1. The number of rotatable bonds is 4. The zero-order valence-corrected chi connectivity index (χ0v) is 11.2. The lowest BCUT2D eigenvalue weighted by molar-refractivity contribution is -0.148. The van der Waals surface area contributed by atoms with Crippen LogP contribution in [0.4, 0.5) is 4.79 Å². The Morgan fingerprint density at radius 3 is 2.33 bits per heavy atom. The topological polar surface area (TPSA) is 87.7 Å². The SMILES string of the molecule is CCC(C)(C)NC(=O)NC1(C(=O)O)CCOCC1. The molecule has 0 aliphatic carbocycles. The third-order valence-corrected chi connectivity index (χ3v) is 3.44. The molecule has 0 bridgehead atoms. The monoisotopic (exact) mass is 258 g/mol. The third kappa shape index (κ3) is 3.60. The van der Waals surface area contributed by atoms with Gasteiger partial charge in [0.15, 0.2) is 0 Å². The van der Waals surface area contributed by atoms with Gasteiger partial charge >= 0.3 is 12.0 Å². The second kappa shape index (κ2) is 5.56. The van der Waals surface area contributed by atoms with E-state index in [4.69, 9.17) is 4.74 Å². The molecule has 0 unspecified atom stereocenters. The van der Waals surface area contributed by atoms with Crippen molar-refractivity contribution in [3.63, 3.8) is 0 Å². The van der Waals surface area contributed by atoms with Gasteiger partial charge in [0.25, 0.3) is 0 Å². The van der Waals surface area contributed by atoms with Crippen LogP contribution in [0.3, 0.4) is 0 Å². The van der Waals surface area contributed by atoms with E-state index >= 15 is 0 Å². The lowest BCUT2D eigenvalue weighted by Crippen LogP contribution is -2.61. The molecule has 0 aromatic heterocycles. The van der Waals surface area contributed by atoms with Crippen molar-refractivity contribution in [2.75, 3.05) is 13.2 Å². The largest absolute Gasteiger partial charge is 0.480 e. The molecule has 2 amide bonds. The fourth-order valence-electron chi connectivity index (χ4n) is 1.76. The molecular weight excluding hydrogens is 236 g/mol. The minimum absolute atomic E-state index is 0.294. The lowest BCUT2D eigenvalue weighted by Gasteiger charge is -2.35. The highest BCUT2D eigenvalue weighted by atomic mass is 16.5. The molecule has 0 saturated carbocycles. The maximum atomic E-state index is 11.9. The summed E-state index contributed by atoms with van der Waals surface area (Å²) >= 11 is 0. The van der Waals surface area contributed by atoms with Crippen molar-refractivity contribution < 1.29 is 19.4 Å². The Bertz CT molecular complexity index is 322. The van der Waals surface area contributed by atoms with Crippen molar-refractivity contribution >= 4 is 12.0 Å². The van der Waals surface area contributed by atoms with Crippen molar-refractivity contribution in [3.8, 4) is 0 Å². The first-order chi connectivity index (χ1) is 8.31. The molecule has 18 heavy (non-hydrogen) atoms. The quantitative estimate of drug-likeness (QED) is 0.705. The van der Waals surface area contributed by atoms with E-state index in [1.54, 1.807) is 0 Å². The molecular formula is C12H22N2O4. The minimum Gasteiger partial charge on any atom is -0.480 e. The maximum absolute atomic E-state index is 11.9. The molecule has 0 atom stereocenters. The molecule has 0 aromatic rings.